The molecule has 1 aliphatic carbocycles. The molecule has 3 aromatic carbocycles. The molecule has 0 saturated carbocycles. The number of methoxy groups -OCH3 is 4. The fraction of sp³-hybridized carbons (Fsp3) is 0.270. The van der Waals surface area contributed by atoms with Gasteiger partial charge in [-0.15, -0.1) is 0 Å². The number of amides is 2. The van der Waals surface area contributed by atoms with E-state index in [1.54, 1.807) is 51.9 Å². The van der Waals surface area contributed by atoms with E-state index in [2.05, 4.69) is 10.6 Å². The molecule has 0 fully saturated rings. The van der Waals surface area contributed by atoms with Gasteiger partial charge in [-0.05, 0) is 84.1 Å². The van der Waals surface area contributed by atoms with Gasteiger partial charge >= 0.3 is 0 Å². The van der Waals surface area contributed by atoms with Gasteiger partial charge < -0.3 is 38.4 Å². The summed E-state index contributed by atoms with van der Waals surface area (Å²) in [4.78, 5) is 40.0. The average Bonchev–Trinajstić information content (AvgIpc) is 3.68. The van der Waals surface area contributed by atoms with Crippen molar-refractivity contribution in [2.45, 2.75) is 38.8 Å². The molecule has 1 aliphatic rings. The first-order chi connectivity index (χ1) is 23.3. The summed E-state index contributed by atoms with van der Waals surface area (Å²) in [6.07, 6.45) is 2.48. The molecule has 6 rings (SSSR count). The summed E-state index contributed by atoms with van der Waals surface area (Å²) < 4.78 is 34.5. The van der Waals surface area contributed by atoms with Crippen LogP contribution in [-0.4, -0.2) is 40.3 Å². The lowest BCUT2D eigenvalue weighted by Gasteiger charge is -2.20. The Morgan fingerprint density at radius 1 is 0.938 bits per heavy atom. The number of carbonyl (C=O) groups is 2. The van der Waals surface area contributed by atoms with Crippen molar-refractivity contribution in [1.82, 2.24) is 10.6 Å². The van der Waals surface area contributed by atoms with E-state index < -0.39 is 11.5 Å². The van der Waals surface area contributed by atoms with Gasteiger partial charge in [-0.1, -0.05) is 0 Å². The van der Waals surface area contributed by atoms with E-state index in [1.165, 1.54) is 20.1 Å². The van der Waals surface area contributed by atoms with Crippen LogP contribution in [0.15, 0.2) is 74.5 Å². The fourth-order valence-corrected chi connectivity index (χ4v) is 6.35. The quantitative estimate of drug-likeness (QED) is 0.194. The highest BCUT2D eigenvalue weighted by Gasteiger charge is 2.31. The van der Waals surface area contributed by atoms with Crippen molar-refractivity contribution in [2.75, 3.05) is 28.4 Å². The van der Waals surface area contributed by atoms with Crippen LogP contribution < -0.4 is 35.0 Å². The second-order valence-corrected chi connectivity index (χ2v) is 11.4. The SMILES string of the molecule is COc1ccc(-c2oc3c(=O)cc4c(cc3c2CC(=O)NCc2ccco2)-c2c(cc(OC)c(OC)c2OC)CC[C@@H]4NC(C)=O)cc1. The van der Waals surface area contributed by atoms with Crippen molar-refractivity contribution in [3.8, 4) is 45.4 Å². The zero-order valence-corrected chi connectivity index (χ0v) is 27.4. The number of nitrogens with one attached hydrogen (secondary N) is 2. The number of fused-ring (bicyclic) bond motifs is 4. The van der Waals surface area contributed by atoms with Crippen molar-refractivity contribution >= 4 is 22.8 Å². The third-order valence-corrected chi connectivity index (χ3v) is 8.52. The first-order valence-electron chi connectivity index (χ1n) is 15.4. The molecular weight excluding hydrogens is 616 g/mol. The number of rotatable bonds is 10. The molecule has 0 aliphatic heterocycles. The second kappa shape index (κ2) is 13.6. The number of benzene rings is 2. The maximum absolute atomic E-state index is 14.1. The predicted molar refractivity (Wildman–Crippen MR) is 179 cm³/mol. The number of hydrogen-bond donors (Lipinski definition) is 2. The van der Waals surface area contributed by atoms with Gasteiger partial charge in [0, 0.05) is 29.0 Å². The molecule has 2 heterocycles. The first-order valence-corrected chi connectivity index (χ1v) is 15.4. The minimum atomic E-state index is -0.503. The highest BCUT2D eigenvalue weighted by atomic mass is 16.5. The van der Waals surface area contributed by atoms with E-state index in [9.17, 15) is 14.4 Å². The van der Waals surface area contributed by atoms with E-state index in [1.807, 2.05) is 24.3 Å². The van der Waals surface area contributed by atoms with Crippen LogP contribution >= 0.6 is 0 Å². The molecule has 2 aromatic heterocycles. The Bertz CT molecular complexity index is 2050. The maximum atomic E-state index is 14.1. The summed E-state index contributed by atoms with van der Waals surface area (Å²) in [5, 5.41) is 6.37. The molecule has 0 spiro atoms. The largest absolute Gasteiger partial charge is 0.497 e. The predicted octanol–water partition coefficient (Wildman–Crippen LogP) is 5.74. The number of hydrogen-bond acceptors (Lipinski definition) is 9. The summed E-state index contributed by atoms with van der Waals surface area (Å²) in [6, 6.07) is 15.5. The third kappa shape index (κ3) is 6.06. The molecule has 0 unspecified atom stereocenters. The molecule has 11 nitrogen and oxygen atoms in total. The summed E-state index contributed by atoms with van der Waals surface area (Å²) in [5.41, 5.74) is 3.64. The van der Waals surface area contributed by atoms with Crippen LogP contribution in [0, 0.1) is 0 Å². The van der Waals surface area contributed by atoms with Crippen molar-refractivity contribution in [3.05, 3.63) is 93.5 Å². The molecule has 248 valence electrons. The van der Waals surface area contributed by atoms with Gasteiger partial charge in [0.2, 0.25) is 23.0 Å². The maximum Gasteiger partial charge on any atom is 0.224 e. The number of carbonyl (C=O) groups excluding carboxylic acids is 2. The lowest BCUT2D eigenvalue weighted by Crippen LogP contribution is -2.26. The van der Waals surface area contributed by atoms with Crippen LogP contribution in [0.1, 0.15) is 41.8 Å². The minimum absolute atomic E-state index is 0.0743. The molecule has 11 heteroatoms. The van der Waals surface area contributed by atoms with E-state index in [-0.39, 0.29) is 30.4 Å². The fourth-order valence-electron chi connectivity index (χ4n) is 6.35. The smallest absolute Gasteiger partial charge is 0.224 e. The summed E-state index contributed by atoms with van der Waals surface area (Å²) in [7, 11) is 6.20. The van der Waals surface area contributed by atoms with Crippen molar-refractivity contribution in [3.63, 3.8) is 0 Å². The zero-order valence-electron chi connectivity index (χ0n) is 27.4. The van der Waals surface area contributed by atoms with E-state index in [4.69, 9.17) is 27.8 Å². The molecular formula is C37H36N2O9. The Hall–Kier alpha value is -5.71. The lowest BCUT2D eigenvalue weighted by atomic mass is 9.94. The lowest BCUT2D eigenvalue weighted by molar-refractivity contribution is -0.121. The van der Waals surface area contributed by atoms with Crippen LogP contribution in [0.2, 0.25) is 0 Å². The Kier molecular flexibility index (Phi) is 9.11. The summed E-state index contributed by atoms with van der Waals surface area (Å²) in [6.45, 7) is 1.64. The van der Waals surface area contributed by atoms with Gasteiger partial charge in [0.25, 0.3) is 0 Å². The van der Waals surface area contributed by atoms with Gasteiger partial charge in [0.1, 0.15) is 17.3 Å². The van der Waals surface area contributed by atoms with Crippen LogP contribution in [0.5, 0.6) is 23.0 Å². The number of aryl methyl sites for hydroxylation is 1. The monoisotopic (exact) mass is 652 g/mol. The van der Waals surface area contributed by atoms with Crippen LogP contribution in [0.4, 0.5) is 0 Å². The minimum Gasteiger partial charge on any atom is -0.497 e. The number of ether oxygens (including phenoxy) is 4. The molecule has 0 saturated heterocycles. The zero-order chi connectivity index (χ0) is 33.9. The van der Waals surface area contributed by atoms with Gasteiger partial charge in [0.05, 0.1) is 53.7 Å². The van der Waals surface area contributed by atoms with Crippen LogP contribution in [0.25, 0.3) is 33.4 Å². The highest BCUT2D eigenvalue weighted by molar-refractivity contribution is 5.96. The summed E-state index contributed by atoms with van der Waals surface area (Å²) in [5.74, 6) is 2.38. The average molecular weight is 653 g/mol. The molecule has 5 aromatic rings. The van der Waals surface area contributed by atoms with Gasteiger partial charge in [-0.2, -0.15) is 0 Å². The molecule has 2 N–H and O–H groups in total. The van der Waals surface area contributed by atoms with E-state index in [0.717, 1.165) is 5.56 Å². The highest BCUT2D eigenvalue weighted by Crippen LogP contribution is 2.51. The van der Waals surface area contributed by atoms with E-state index in [0.29, 0.717) is 80.6 Å². The molecule has 2 amide bonds. The first kappa shape index (κ1) is 32.2. The standard InChI is InChI=1S/C37H36N2O9/c1-20(40)39-29-13-10-22-15-31(44-3)36(45-4)37(46-5)33(22)26-16-27-28(18-32(42)38-19-24-7-6-14-47-24)34(21-8-11-23(43-2)12-9-21)48-35(27)30(41)17-25(26)29/h6-9,11-12,14-17,29H,10,13,18-19H2,1-5H3,(H,38,42)(H,39,40)/t29-/m0/s1. The third-order valence-electron chi connectivity index (χ3n) is 8.52. The van der Waals surface area contributed by atoms with Crippen molar-refractivity contribution in [1.29, 1.82) is 0 Å². The Labute approximate surface area is 276 Å². The summed E-state index contributed by atoms with van der Waals surface area (Å²) >= 11 is 0. The Balaban J connectivity index is 1.64. The van der Waals surface area contributed by atoms with Crippen LogP contribution in [-0.2, 0) is 29.0 Å². The van der Waals surface area contributed by atoms with Gasteiger partial charge in [0.15, 0.2) is 17.1 Å². The van der Waals surface area contributed by atoms with Crippen LogP contribution in [0.3, 0.4) is 0 Å². The Morgan fingerprint density at radius 3 is 2.35 bits per heavy atom. The van der Waals surface area contributed by atoms with Crippen molar-refractivity contribution < 1.29 is 37.4 Å². The molecule has 1 atom stereocenters. The molecule has 0 bridgehead atoms. The van der Waals surface area contributed by atoms with Gasteiger partial charge in [-0.3, -0.25) is 14.4 Å². The normalized spacial score (nSPS) is 13.6. The van der Waals surface area contributed by atoms with Gasteiger partial charge in [-0.25, -0.2) is 0 Å². The van der Waals surface area contributed by atoms with E-state index >= 15 is 0 Å². The Morgan fingerprint density at radius 2 is 1.71 bits per heavy atom. The molecule has 0 radical (unpaired) electrons. The molecule has 48 heavy (non-hydrogen) atoms. The van der Waals surface area contributed by atoms with Crippen molar-refractivity contribution in [2.24, 2.45) is 0 Å². The number of furan rings is 2. The second-order valence-electron chi connectivity index (χ2n) is 11.4. The topological polar surface area (TPSA) is 138 Å².